The molecule has 0 radical (unpaired) electrons. The molecule has 0 spiro atoms. The lowest BCUT2D eigenvalue weighted by Gasteiger charge is -2.25. The van der Waals surface area contributed by atoms with Gasteiger partial charge in [-0.3, -0.25) is 0 Å². The maximum atomic E-state index is 11.1. The second-order valence-corrected chi connectivity index (χ2v) is 6.49. The van der Waals surface area contributed by atoms with Crippen LogP contribution in [0.2, 0.25) is 5.02 Å². The van der Waals surface area contributed by atoms with Crippen molar-refractivity contribution in [1.29, 1.82) is 0 Å². The SMILES string of the molecule is CC(C)(CNc1ncncc1Cl)NS(C)(=O)=O. The molecule has 1 aromatic rings. The van der Waals surface area contributed by atoms with Gasteiger partial charge in [0, 0.05) is 12.1 Å². The van der Waals surface area contributed by atoms with Gasteiger partial charge in [-0.05, 0) is 13.8 Å². The third kappa shape index (κ3) is 5.29. The van der Waals surface area contributed by atoms with E-state index in [9.17, 15) is 8.42 Å². The average Bonchev–Trinajstić information content (AvgIpc) is 2.13. The van der Waals surface area contributed by atoms with Crippen LogP contribution in [-0.4, -0.2) is 36.7 Å². The van der Waals surface area contributed by atoms with Gasteiger partial charge >= 0.3 is 0 Å². The summed E-state index contributed by atoms with van der Waals surface area (Å²) >= 11 is 5.86. The number of aromatic nitrogens is 2. The summed E-state index contributed by atoms with van der Waals surface area (Å²) in [6.45, 7) is 3.88. The quantitative estimate of drug-likeness (QED) is 0.835. The van der Waals surface area contributed by atoms with Gasteiger partial charge in [-0.1, -0.05) is 11.6 Å². The predicted octanol–water partition coefficient (Wildman–Crippen LogP) is 0.870. The van der Waals surface area contributed by atoms with Crippen LogP contribution >= 0.6 is 11.6 Å². The first-order valence-electron chi connectivity index (χ1n) is 4.88. The minimum atomic E-state index is -3.25. The minimum Gasteiger partial charge on any atom is -0.367 e. The molecule has 0 aliphatic rings. The normalized spacial score (nSPS) is 12.5. The van der Waals surface area contributed by atoms with Crippen molar-refractivity contribution in [3.05, 3.63) is 17.5 Å². The second-order valence-electron chi connectivity index (χ2n) is 4.33. The first kappa shape index (κ1) is 14.1. The molecule has 0 aliphatic carbocycles. The Morgan fingerprint density at radius 3 is 2.65 bits per heavy atom. The van der Waals surface area contributed by atoms with Gasteiger partial charge in [0.15, 0.2) is 0 Å². The van der Waals surface area contributed by atoms with E-state index in [0.29, 0.717) is 17.4 Å². The number of hydrogen-bond acceptors (Lipinski definition) is 5. The van der Waals surface area contributed by atoms with Crippen molar-refractivity contribution in [2.45, 2.75) is 19.4 Å². The number of anilines is 1. The Hall–Kier alpha value is -0.920. The van der Waals surface area contributed by atoms with Crippen LogP contribution in [0.3, 0.4) is 0 Å². The number of halogens is 1. The lowest BCUT2D eigenvalue weighted by Crippen LogP contribution is -2.47. The first-order chi connectivity index (χ1) is 7.70. The molecule has 1 heterocycles. The van der Waals surface area contributed by atoms with Crippen LogP contribution < -0.4 is 10.0 Å². The standard InChI is InChI=1S/C9H15ClN4O2S/c1-9(2,14-17(3,15)16)5-12-8-7(10)4-11-6-13-8/h4,6,14H,5H2,1-3H3,(H,11,12,13). The van der Waals surface area contributed by atoms with Gasteiger partial charge in [-0.25, -0.2) is 23.1 Å². The van der Waals surface area contributed by atoms with Crippen molar-refractivity contribution in [2.24, 2.45) is 0 Å². The molecule has 0 atom stereocenters. The third-order valence-electron chi connectivity index (χ3n) is 1.83. The molecule has 0 saturated heterocycles. The summed E-state index contributed by atoms with van der Waals surface area (Å²) in [5.41, 5.74) is -0.637. The predicted molar refractivity (Wildman–Crippen MR) is 67.6 cm³/mol. The molecule has 0 unspecified atom stereocenters. The van der Waals surface area contributed by atoms with E-state index in [4.69, 9.17) is 11.6 Å². The highest BCUT2D eigenvalue weighted by atomic mass is 35.5. The van der Waals surface area contributed by atoms with Crippen LogP contribution in [0.25, 0.3) is 0 Å². The van der Waals surface area contributed by atoms with E-state index in [1.807, 2.05) is 0 Å². The Balaban J connectivity index is 2.65. The van der Waals surface area contributed by atoms with E-state index in [1.165, 1.54) is 12.5 Å². The van der Waals surface area contributed by atoms with Gasteiger partial charge in [0.25, 0.3) is 0 Å². The van der Waals surface area contributed by atoms with Crippen LogP contribution in [0.4, 0.5) is 5.82 Å². The van der Waals surface area contributed by atoms with Crippen LogP contribution in [0.1, 0.15) is 13.8 Å². The van der Waals surface area contributed by atoms with Crippen LogP contribution in [0, 0.1) is 0 Å². The highest BCUT2D eigenvalue weighted by molar-refractivity contribution is 7.88. The third-order valence-corrected chi connectivity index (χ3v) is 3.03. The molecule has 0 fully saturated rings. The van der Waals surface area contributed by atoms with Gasteiger partial charge in [0.1, 0.15) is 17.2 Å². The van der Waals surface area contributed by atoms with E-state index < -0.39 is 15.6 Å². The summed E-state index contributed by atoms with van der Waals surface area (Å²) in [6, 6.07) is 0. The van der Waals surface area contributed by atoms with Gasteiger partial charge in [0.2, 0.25) is 10.0 Å². The van der Waals surface area contributed by atoms with Crippen molar-refractivity contribution < 1.29 is 8.42 Å². The molecule has 0 bridgehead atoms. The lowest BCUT2D eigenvalue weighted by atomic mass is 10.1. The number of nitrogens with zero attached hydrogens (tertiary/aromatic N) is 2. The summed E-state index contributed by atoms with van der Waals surface area (Å²) < 4.78 is 24.8. The molecule has 96 valence electrons. The van der Waals surface area contributed by atoms with Gasteiger partial charge in [-0.2, -0.15) is 0 Å². The summed E-state index contributed by atoms with van der Waals surface area (Å²) in [5, 5.41) is 3.36. The summed E-state index contributed by atoms with van der Waals surface area (Å²) in [6.07, 6.45) is 3.95. The van der Waals surface area contributed by atoms with Crippen molar-refractivity contribution in [1.82, 2.24) is 14.7 Å². The van der Waals surface area contributed by atoms with Crippen molar-refractivity contribution in [3.63, 3.8) is 0 Å². The number of nitrogens with one attached hydrogen (secondary N) is 2. The van der Waals surface area contributed by atoms with Crippen molar-refractivity contribution in [3.8, 4) is 0 Å². The van der Waals surface area contributed by atoms with E-state index >= 15 is 0 Å². The van der Waals surface area contributed by atoms with Crippen LogP contribution in [-0.2, 0) is 10.0 Å². The largest absolute Gasteiger partial charge is 0.367 e. The fraction of sp³-hybridized carbons (Fsp3) is 0.556. The zero-order chi connectivity index (χ0) is 13.1. The Bertz CT molecular complexity index is 490. The summed E-state index contributed by atoms with van der Waals surface area (Å²) in [7, 11) is -3.25. The highest BCUT2D eigenvalue weighted by Crippen LogP contribution is 2.17. The van der Waals surface area contributed by atoms with Crippen molar-refractivity contribution >= 4 is 27.4 Å². The number of rotatable bonds is 5. The summed E-state index contributed by atoms with van der Waals surface area (Å²) in [5.74, 6) is 0.477. The smallest absolute Gasteiger partial charge is 0.209 e. The molecular weight excluding hydrogens is 264 g/mol. The first-order valence-corrected chi connectivity index (χ1v) is 7.15. The van der Waals surface area contributed by atoms with Gasteiger partial charge in [-0.15, -0.1) is 0 Å². The van der Waals surface area contributed by atoms with Gasteiger partial charge in [0.05, 0.1) is 12.5 Å². The van der Waals surface area contributed by atoms with Gasteiger partial charge < -0.3 is 5.32 Å². The van der Waals surface area contributed by atoms with E-state index in [-0.39, 0.29) is 0 Å². The minimum absolute atomic E-state index is 0.358. The zero-order valence-corrected chi connectivity index (χ0v) is 11.4. The van der Waals surface area contributed by atoms with E-state index in [1.54, 1.807) is 13.8 Å². The van der Waals surface area contributed by atoms with Crippen LogP contribution in [0.15, 0.2) is 12.5 Å². The zero-order valence-electron chi connectivity index (χ0n) is 9.86. The molecule has 2 N–H and O–H groups in total. The Labute approximate surface area is 106 Å². The summed E-state index contributed by atoms with van der Waals surface area (Å²) in [4.78, 5) is 7.70. The molecule has 8 heteroatoms. The van der Waals surface area contributed by atoms with E-state index in [0.717, 1.165) is 6.26 Å². The van der Waals surface area contributed by atoms with Crippen LogP contribution in [0.5, 0.6) is 0 Å². The fourth-order valence-corrected chi connectivity index (χ4v) is 2.53. The molecule has 0 amide bonds. The second kappa shape index (κ2) is 5.16. The topological polar surface area (TPSA) is 84.0 Å². The molecule has 1 aromatic heterocycles. The Kier molecular flexibility index (Phi) is 4.29. The highest BCUT2D eigenvalue weighted by Gasteiger charge is 2.22. The fourth-order valence-electron chi connectivity index (χ4n) is 1.29. The molecular formula is C9H15ClN4O2S. The average molecular weight is 279 g/mol. The maximum Gasteiger partial charge on any atom is 0.209 e. The molecule has 1 rings (SSSR count). The molecule has 0 aliphatic heterocycles. The maximum absolute atomic E-state index is 11.1. The Morgan fingerprint density at radius 2 is 2.12 bits per heavy atom. The molecule has 17 heavy (non-hydrogen) atoms. The molecule has 0 saturated carbocycles. The number of sulfonamides is 1. The Morgan fingerprint density at radius 1 is 1.47 bits per heavy atom. The number of hydrogen-bond donors (Lipinski definition) is 2. The molecule has 6 nitrogen and oxygen atoms in total. The lowest BCUT2D eigenvalue weighted by molar-refractivity contribution is 0.476. The van der Waals surface area contributed by atoms with Crippen molar-refractivity contribution in [2.75, 3.05) is 18.1 Å². The van der Waals surface area contributed by atoms with E-state index in [2.05, 4.69) is 20.0 Å². The monoisotopic (exact) mass is 278 g/mol. The molecule has 0 aromatic carbocycles.